The van der Waals surface area contributed by atoms with Crippen molar-refractivity contribution >= 4 is 21.6 Å². The summed E-state index contributed by atoms with van der Waals surface area (Å²) in [6, 6.07) is 12.7. The van der Waals surface area contributed by atoms with Crippen molar-refractivity contribution < 1.29 is 0 Å². The molecule has 3 aromatic rings. The maximum atomic E-state index is 4.67. The van der Waals surface area contributed by atoms with Gasteiger partial charge in [0.25, 0.3) is 0 Å². The van der Waals surface area contributed by atoms with Crippen LogP contribution in [0.25, 0.3) is 16.9 Å². The van der Waals surface area contributed by atoms with E-state index in [1.54, 1.807) is 0 Å². The van der Waals surface area contributed by atoms with Gasteiger partial charge in [-0.2, -0.15) is 0 Å². The van der Waals surface area contributed by atoms with Crippen LogP contribution in [0.2, 0.25) is 0 Å². The highest BCUT2D eigenvalue weighted by atomic mass is 79.9. The molecule has 3 heteroatoms. The highest BCUT2D eigenvalue weighted by Crippen LogP contribution is 2.24. The predicted molar refractivity (Wildman–Crippen MR) is 82.4 cm³/mol. The van der Waals surface area contributed by atoms with E-state index >= 15 is 0 Å². The summed E-state index contributed by atoms with van der Waals surface area (Å²) in [5.74, 6) is 0.560. The van der Waals surface area contributed by atoms with Crippen molar-refractivity contribution in [3.63, 3.8) is 0 Å². The molecule has 0 N–H and O–H groups in total. The number of halogens is 1. The maximum absolute atomic E-state index is 4.67. The Morgan fingerprint density at radius 1 is 1.11 bits per heavy atom. The van der Waals surface area contributed by atoms with E-state index in [-0.39, 0.29) is 0 Å². The van der Waals surface area contributed by atoms with E-state index in [0.29, 0.717) is 5.92 Å². The van der Waals surface area contributed by atoms with Gasteiger partial charge in [-0.3, -0.25) is 0 Å². The lowest BCUT2D eigenvalue weighted by Crippen LogP contribution is -1.86. The van der Waals surface area contributed by atoms with E-state index in [1.807, 2.05) is 22.7 Å². The first-order valence-electron chi connectivity index (χ1n) is 6.38. The van der Waals surface area contributed by atoms with Gasteiger partial charge in [0, 0.05) is 18.0 Å². The SMILES string of the molecule is CC(C)c1ccc(-c2cn3cccc(Br)c3n2)cc1. The third kappa shape index (κ3) is 2.30. The first-order valence-corrected chi connectivity index (χ1v) is 7.18. The Bertz CT molecular complexity index is 711. The molecule has 0 unspecified atom stereocenters. The average Bonchev–Trinajstić information content (AvgIpc) is 2.84. The van der Waals surface area contributed by atoms with Crippen molar-refractivity contribution in [1.29, 1.82) is 0 Å². The molecule has 96 valence electrons. The molecule has 0 amide bonds. The summed E-state index contributed by atoms with van der Waals surface area (Å²) in [5.41, 5.74) is 4.46. The van der Waals surface area contributed by atoms with E-state index in [0.717, 1.165) is 21.4 Å². The zero-order chi connectivity index (χ0) is 13.4. The number of benzene rings is 1. The number of rotatable bonds is 2. The minimum atomic E-state index is 0.560. The Morgan fingerprint density at radius 3 is 2.47 bits per heavy atom. The number of pyridine rings is 1. The number of nitrogens with zero attached hydrogens (tertiary/aromatic N) is 2. The fourth-order valence-corrected chi connectivity index (χ4v) is 2.60. The quantitative estimate of drug-likeness (QED) is 0.658. The Labute approximate surface area is 121 Å². The first-order chi connectivity index (χ1) is 9.15. The van der Waals surface area contributed by atoms with Crippen LogP contribution in [0.3, 0.4) is 0 Å². The minimum Gasteiger partial charge on any atom is -0.306 e. The van der Waals surface area contributed by atoms with Crippen molar-refractivity contribution in [3.8, 4) is 11.3 Å². The molecular formula is C16H15BrN2. The summed E-state index contributed by atoms with van der Waals surface area (Å²) < 4.78 is 3.05. The van der Waals surface area contributed by atoms with Crippen LogP contribution < -0.4 is 0 Å². The van der Waals surface area contributed by atoms with Crippen molar-refractivity contribution in [3.05, 3.63) is 58.8 Å². The Hall–Kier alpha value is -1.61. The third-order valence-electron chi connectivity index (χ3n) is 3.31. The van der Waals surface area contributed by atoms with Crippen molar-refractivity contribution in [1.82, 2.24) is 9.38 Å². The predicted octanol–water partition coefficient (Wildman–Crippen LogP) is 4.89. The second-order valence-electron chi connectivity index (χ2n) is 4.99. The van der Waals surface area contributed by atoms with E-state index < -0.39 is 0 Å². The molecule has 2 heterocycles. The first kappa shape index (κ1) is 12.4. The molecule has 0 saturated carbocycles. The average molecular weight is 315 g/mol. The van der Waals surface area contributed by atoms with Crippen LogP contribution in [-0.2, 0) is 0 Å². The summed E-state index contributed by atoms with van der Waals surface area (Å²) in [7, 11) is 0. The number of imidazole rings is 1. The van der Waals surface area contributed by atoms with Gasteiger partial charge in [0.2, 0.25) is 0 Å². The van der Waals surface area contributed by atoms with E-state index in [4.69, 9.17) is 0 Å². The fraction of sp³-hybridized carbons (Fsp3) is 0.188. The molecule has 0 atom stereocenters. The van der Waals surface area contributed by atoms with Gasteiger partial charge in [-0.25, -0.2) is 4.98 Å². The lowest BCUT2D eigenvalue weighted by molar-refractivity contribution is 0.867. The van der Waals surface area contributed by atoms with E-state index in [2.05, 4.69) is 65.2 Å². The molecule has 2 aromatic heterocycles. The van der Waals surface area contributed by atoms with Crippen LogP contribution in [0.15, 0.2) is 53.3 Å². The molecule has 19 heavy (non-hydrogen) atoms. The van der Waals surface area contributed by atoms with Crippen LogP contribution in [-0.4, -0.2) is 9.38 Å². The van der Waals surface area contributed by atoms with E-state index in [9.17, 15) is 0 Å². The van der Waals surface area contributed by atoms with Crippen LogP contribution in [0.1, 0.15) is 25.3 Å². The molecule has 1 aromatic carbocycles. The number of fused-ring (bicyclic) bond motifs is 1. The summed E-state index contributed by atoms with van der Waals surface area (Å²) in [4.78, 5) is 4.67. The maximum Gasteiger partial charge on any atom is 0.151 e. The summed E-state index contributed by atoms with van der Waals surface area (Å²) >= 11 is 3.53. The van der Waals surface area contributed by atoms with Crippen LogP contribution in [0.4, 0.5) is 0 Å². The molecule has 0 aliphatic heterocycles. The molecule has 0 saturated heterocycles. The van der Waals surface area contributed by atoms with Gasteiger partial charge in [-0.1, -0.05) is 38.1 Å². The Balaban J connectivity index is 2.06. The zero-order valence-electron chi connectivity index (χ0n) is 11.0. The molecule has 3 rings (SSSR count). The summed E-state index contributed by atoms with van der Waals surface area (Å²) in [5, 5.41) is 0. The molecule has 0 aliphatic rings. The van der Waals surface area contributed by atoms with Gasteiger partial charge >= 0.3 is 0 Å². The number of hydrogen-bond acceptors (Lipinski definition) is 1. The minimum absolute atomic E-state index is 0.560. The zero-order valence-corrected chi connectivity index (χ0v) is 12.6. The second-order valence-corrected chi connectivity index (χ2v) is 5.84. The van der Waals surface area contributed by atoms with Gasteiger partial charge in [0.15, 0.2) is 5.65 Å². The third-order valence-corrected chi connectivity index (χ3v) is 3.93. The van der Waals surface area contributed by atoms with Crippen LogP contribution >= 0.6 is 15.9 Å². The monoisotopic (exact) mass is 314 g/mol. The highest BCUT2D eigenvalue weighted by Gasteiger charge is 2.07. The second kappa shape index (κ2) is 4.82. The number of aromatic nitrogens is 2. The molecule has 0 spiro atoms. The van der Waals surface area contributed by atoms with Crippen LogP contribution in [0, 0.1) is 0 Å². The summed E-state index contributed by atoms with van der Waals surface area (Å²) in [6.45, 7) is 4.41. The lowest BCUT2D eigenvalue weighted by Gasteiger charge is -2.05. The van der Waals surface area contributed by atoms with Gasteiger partial charge in [0.1, 0.15) is 0 Å². The summed E-state index contributed by atoms with van der Waals surface area (Å²) in [6.07, 6.45) is 4.07. The largest absolute Gasteiger partial charge is 0.306 e. The number of hydrogen-bond donors (Lipinski definition) is 0. The molecule has 0 bridgehead atoms. The fourth-order valence-electron chi connectivity index (χ4n) is 2.16. The Kier molecular flexibility index (Phi) is 3.15. The van der Waals surface area contributed by atoms with Crippen molar-refractivity contribution in [2.45, 2.75) is 19.8 Å². The highest BCUT2D eigenvalue weighted by molar-refractivity contribution is 9.10. The Morgan fingerprint density at radius 2 is 1.84 bits per heavy atom. The molecular weight excluding hydrogens is 300 g/mol. The van der Waals surface area contributed by atoms with Gasteiger partial charge in [-0.05, 0) is 39.5 Å². The topological polar surface area (TPSA) is 17.3 Å². The van der Waals surface area contributed by atoms with Gasteiger partial charge in [0.05, 0.1) is 10.2 Å². The standard InChI is InChI=1S/C16H15BrN2/c1-11(2)12-5-7-13(8-6-12)15-10-19-9-3-4-14(17)16(19)18-15/h3-11H,1-2H3. The van der Waals surface area contributed by atoms with E-state index in [1.165, 1.54) is 5.56 Å². The normalized spacial score (nSPS) is 11.4. The molecule has 0 aliphatic carbocycles. The van der Waals surface area contributed by atoms with Gasteiger partial charge < -0.3 is 4.40 Å². The molecule has 0 radical (unpaired) electrons. The van der Waals surface area contributed by atoms with Crippen molar-refractivity contribution in [2.24, 2.45) is 0 Å². The van der Waals surface area contributed by atoms with Crippen molar-refractivity contribution in [2.75, 3.05) is 0 Å². The lowest BCUT2D eigenvalue weighted by atomic mass is 10.0. The smallest absolute Gasteiger partial charge is 0.151 e. The molecule has 2 nitrogen and oxygen atoms in total. The van der Waals surface area contributed by atoms with Gasteiger partial charge in [-0.15, -0.1) is 0 Å². The van der Waals surface area contributed by atoms with Crippen LogP contribution in [0.5, 0.6) is 0 Å². The molecule has 0 fully saturated rings.